The van der Waals surface area contributed by atoms with Crippen LogP contribution in [0, 0.1) is 17.0 Å². The number of rotatable bonds is 6. The van der Waals surface area contributed by atoms with E-state index in [4.69, 9.17) is 10.5 Å². The highest BCUT2D eigenvalue weighted by Crippen LogP contribution is 2.57. The molecule has 6 rings (SSSR count). The largest absolute Gasteiger partial charge is 0.496 e. The number of hydrogen-bond donors (Lipinski definition) is 2. The number of pyridine rings is 2. The lowest BCUT2D eigenvalue weighted by Crippen LogP contribution is -2.66. The summed E-state index contributed by atoms with van der Waals surface area (Å²) < 4.78 is 62.9. The number of aryl methyl sites for hydroxylation is 1. The molecule has 0 amide bonds. The van der Waals surface area contributed by atoms with Gasteiger partial charge in [0.15, 0.2) is 17.5 Å². The summed E-state index contributed by atoms with van der Waals surface area (Å²) in [4.78, 5) is 14.6. The normalized spacial score (nSPS) is 17.0. The van der Waals surface area contributed by atoms with Crippen molar-refractivity contribution in [3.05, 3.63) is 54.4 Å². The van der Waals surface area contributed by atoms with Crippen LogP contribution in [0.1, 0.15) is 12.8 Å². The van der Waals surface area contributed by atoms with Gasteiger partial charge in [-0.25, -0.2) is 32.2 Å². The molecule has 202 valence electrons. The zero-order chi connectivity index (χ0) is 27.5. The zero-order valence-corrected chi connectivity index (χ0v) is 21.1. The lowest BCUT2D eigenvalue weighted by atomic mass is 9.61. The molecular weight excluding hydrogens is 516 g/mol. The second kappa shape index (κ2) is 8.82. The van der Waals surface area contributed by atoms with Crippen LogP contribution in [0.5, 0.6) is 5.75 Å². The first-order valence-electron chi connectivity index (χ1n) is 12.1. The first-order chi connectivity index (χ1) is 18.6. The Labute approximate surface area is 220 Å². The van der Waals surface area contributed by atoms with E-state index < -0.39 is 17.6 Å². The number of anilines is 4. The second-order valence-corrected chi connectivity index (χ2v) is 10.1. The molecular formula is C26H24F4N8O. The maximum absolute atomic E-state index is 14.9. The third-order valence-corrected chi connectivity index (χ3v) is 7.15. The topological polar surface area (TPSA) is 107 Å². The fraction of sp³-hybridized carbons (Fsp3) is 0.308. The third-order valence-electron chi connectivity index (χ3n) is 7.15. The number of nitrogen functional groups attached to an aromatic ring is 1. The fourth-order valence-corrected chi connectivity index (χ4v) is 5.35. The summed E-state index contributed by atoms with van der Waals surface area (Å²) in [6.45, 7) is 1.06. The average molecular weight is 541 g/mol. The van der Waals surface area contributed by atoms with Crippen molar-refractivity contribution in [2.45, 2.75) is 18.8 Å². The molecule has 0 atom stereocenters. The highest BCUT2D eigenvalue weighted by atomic mass is 19.3. The Kier molecular flexibility index (Phi) is 5.63. The molecule has 4 heterocycles. The average Bonchev–Trinajstić information content (AvgIpc) is 3.22. The molecule has 2 aliphatic rings. The maximum Gasteiger partial charge on any atom is 0.249 e. The van der Waals surface area contributed by atoms with Gasteiger partial charge in [-0.3, -0.25) is 0 Å². The molecule has 1 saturated heterocycles. The Morgan fingerprint density at radius 1 is 1.03 bits per heavy atom. The molecule has 39 heavy (non-hydrogen) atoms. The molecule has 3 aromatic heterocycles. The SMILES string of the molecule is COc1cc(N2CC3(C2)CC(F)(F)C3)ncc1-c1nc(Nc2ccc(-c3ccnc(N)c3F)c(F)c2)n(C)n1. The molecule has 1 spiro atoms. The van der Waals surface area contributed by atoms with Crippen LogP contribution in [0.15, 0.2) is 42.7 Å². The Balaban J connectivity index is 1.20. The van der Waals surface area contributed by atoms with E-state index in [9.17, 15) is 17.6 Å². The number of nitrogens with two attached hydrogens (primary N) is 1. The van der Waals surface area contributed by atoms with E-state index in [-0.39, 0.29) is 35.2 Å². The smallest absolute Gasteiger partial charge is 0.249 e. The van der Waals surface area contributed by atoms with Crippen LogP contribution in [0.4, 0.5) is 40.8 Å². The van der Waals surface area contributed by atoms with Gasteiger partial charge in [-0.1, -0.05) is 0 Å². The lowest BCUT2D eigenvalue weighted by Gasteiger charge is -2.59. The molecule has 3 N–H and O–H groups in total. The number of nitrogens with zero attached hydrogens (tertiary/aromatic N) is 6. The van der Waals surface area contributed by atoms with Crippen LogP contribution in [0.3, 0.4) is 0 Å². The Morgan fingerprint density at radius 2 is 1.79 bits per heavy atom. The molecule has 4 aromatic rings. The van der Waals surface area contributed by atoms with Crippen LogP contribution in [-0.2, 0) is 7.05 Å². The van der Waals surface area contributed by atoms with Crippen molar-refractivity contribution in [3.8, 4) is 28.3 Å². The number of methoxy groups -OCH3 is 1. The first kappa shape index (κ1) is 24.9. The number of halogens is 4. The van der Waals surface area contributed by atoms with Crippen molar-refractivity contribution in [3.63, 3.8) is 0 Å². The molecule has 9 nitrogen and oxygen atoms in total. The predicted octanol–water partition coefficient (Wildman–Crippen LogP) is 4.79. The number of hydrogen-bond acceptors (Lipinski definition) is 8. The van der Waals surface area contributed by atoms with Gasteiger partial charge in [-0.05, 0) is 24.3 Å². The van der Waals surface area contributed by atoms with Gasteiger partial charge in [-0.2, -0.15) is 4.98 Å². The van der Waals surface area contributed by atoms with E-state index in [0.29, 0.717) is 47.7 Å². The molecule has 1 aliphatic carbocycles. The highest BCUT2D eigenvalue weighted by molar-refractivity contribution is 5.71. The quantitative estimate of drug-likeness (QED) is 0.337. The summed E-state index contributed by atoms with van der Waals surface area (Å²) in [5.41, 5.74) is 6.14. The van der Waals surface area contributed by atoms with Gasteiger partial charge in [0.05, 0.1) is 12.7 Å². The number of alkyl halides is 2. The second-order valence-electron chi connectivity index (χ2n) is 10.1. The number of ether oxygens (including phenoxy) is 1. The minimum Gasteiger partial charge on any atom is -0.496 e. The van der Waals surface area contributed by atoms with Gasteiger partial charge in [-0.15, -0.1) is 5.10 Å². The summed E-state index contributed by atoms with van der Waals surface area (Å²) in [5.74, 6) is -2.57. The summed E-state index contributed by atoms with van der Waals surface area (Å²) in [6, 6.07) is 7.32. The molecule has 1 aromatic carbocycles. The highest BCUT2D eigenvalue weighted by Gasteiger charge is 2.61. The van der Waals surface area contributed by atoms with Gasteiger partial charge in [0, 0.05) is 73.7 Å². The van der Waals surface area contributed by atoms with E-state index in [1.165, 1.54) is 36.2 Å². The van der Waals surface area contributed by atoms with E-state index in [1.54, 1.807) is 25.4 Å². The molecule has 0 unspecified atom stereocenters. The zero-order valence-electron chi connectivity index (χ0n) is 21.1. The van der Waals surface area contributed by atoms with E-state index >= 15 is 0 Å². The molecule has 0 radical (unpaired) electrons. The summed E-state index contributed by atoms with van der Waals surface area (Å²) in [6.07, 6.45) is 2.73. The summed E-state index contributed by atoms with van der Waals surface area (Å²) in [5, 5.41) is 7.44. The molecule has 13 heteroatoms. The van der Waals surface area contributed by atoms with E-state index in [0.717, 1.165) is 0 Å². The standard InChI is InChI=1S/C26H24F4N8O/c1-37-24(34-14-3-4-15(18(27)7-14)16-5-6-32-22(31)21(16)28)35-23(36-37)17-9-33-20(8-19(17)39-2)38-12-25(13-38)10-26(29,30)11-25/h3-9H,10-13H2,1-2H3,(H2,31,32)(H,34,35,36). The summed E-state index contributed by atoms with van der Waals surface area (Å²) in [7, 11) is 3.18. The molecule has 0 bridgehead atoms. The van der Waals surface area contributed by atoms with Crippen molar-refractivity contribution < 1.29 is 22.3 Å². The Bertz CT molecular complexity index is 1570. The van der Waals surface area contributed by atoms with Crippen molar-refractivity contribution in [1.29, 1.82) is 0 Å². The monoisotopic (exact) mass is 540 g/mol. The lowest BCUT2D eigenvalue weighted by molar-refractivity contribution is -0.170. The van der Waals surface area contributed by atoms with Crippen LogP contribution in [0.2, 0.25) is 0 Å². The van der Waals surface area contributed by atoms with Crippen molar-refractivity contribution in [1.82, 2.24) is 24.7 Å². The number of aromatic nitrogens is 5. The molecule has 2 fully saturated rings. The number of nitrogens with one attached hydrogen (secondary N) is 1. The van der Waals surface area contributed by atoms with Gasteiger partial charge >= 0.3 is 0 Å². The maximum atomic E-state index is 14.9. The van der Waals surface area contributed by atoms with Crippen LogP contribution < -0.4 is 20.7 Å². The molecule has 1 aliphatic heterocycles. The van der Waals surface area contributed by atoms with E-state index in [2.05, 4.69) is 25.4 Å². The molecule has 1 saturated carbocycles. The predicted molar refractivity (Wildman–Crippen MR) is 137 cm³/mol. The van der Waals surface area contributed by atoms with Crippen LogP contribution >= 0.6 is 0 Å². The van der Waals surface area contributed by atoms with Gasteiger partial charge < -0.3 is 20.7 Å². The Morgan fingerprint density at radius 3 is 2.49 bits per heavy atom. The fourth-order valence-electron chi connectivity index (χ4n) is 5.35. The van der Waals surface area contributed by atoms with Gasteiger partial charge in [0.1, 0.15) is 17.4 Å². The van der Waals surface area contributed by atoms with Crippen molar-refractivity contribution >= 4 is 23.3 Å². The minimum absolute atomic E-state index is 0.00885. The van der Waals surface area contributed by atoms with E-state index in [1.807, 2.05) is 4.90 Å². The van der Waals surface area contributed by atoms with Crippen molar-refractivity contribution in [2.24, 2.45) is 12.5 Å². The van der Waals surface area contributed by atoms with Crippen LogP contribution in [-0.4, -0.2) is 50.9 Å². The Hall–Kier alpha value is -4.42. The third kappa shape index (κ3) is 4.37. The summed E-state index contributed by atoms with van der Waals surface area (Å²) >= 11 is 0. The van der Waals surface area contributed by atoms with Gasteiger partial charge in [0.2, 0.25) is 11.9 Å². The van der Waals surface area contributed by atoms with Crippen LogP contribution in [0.25, 0.3) is 22.5 Å². The first-order valence-corrected chi connectivity index (χ1v) is 12.1. The number of benzene rings is 1. The minimum atomic E-state index is -2.56. The van der Waals surface area contributed by atoms with Gasteiger partial charge in [0.25, 0.3) is 0 Å². The van der Waals surface area contributed by atoms with Crippen molar-refractivity contribution in [2.75, 3.05) is 36.1 Å².